The standard InChI is InChI=1S/C24H11BrCl4N2O5/c25-10-2-4-11(5-3-10)30-20(9-1-6-12-13(7-9)36-8-35-12)21(24(30)34)31-22(32)14-15(23(31)33)17(27)19(29)18(28)16(14)26/h1-7,20-21H,8H2/t20-,21+/m0/s1. The maximum atomic E-state index is 13.6. The monoisotopic (exact) mass is 626 g/mol. The van der Waals surface area contributed by atoms with Crippen LogP contribution in [-0.2, 0) is 4.79 Å². The van der Waals surface area contributed by atoms with Crippen molar-refractivity contribution >= 4 is 85.7 Å². The summed E-state index contributed by atoms with van der Waals surface area (Å²) in [4.78, 5) is 43.0. The summed E-state index contributed by atoms with van der Waals surface area (Å²) >= 11 is 28.3. The topological polar surface area (TPSA) is 76.2 Å². The highest BCUT2D eigenvalue weighted by Gasteiger charge is 2.58. The number of β-lactam (4-membered cyclic amide) rings is 1. The van der Waals surface area contributed by atoms with Gasteiger partial charge in [-0.15, -0.1) is 0 Å². The number of amides is 3. The van der Waals surface area contributed by atoms with E-state index in [2.05, 4.69) is 15.9 Å². The van der Waals surface area contributed by atoms with Crippen LogP contribution in [0.15, 0.2) is 46.9 Å². The molecule has 0 unspecified atom stereocenters. The van der Waals surface area contributed by atoms with Crippen LogP contribution in [0.4, 0.5) is 5.69 Å². The fourth-order valence-corrected chi connectivity index (χ4v) is 5.94. The van der Waals surface area contributed by atoms with Gasteiger partial charge in [0, 0.05) is 10.2 Å². The number of ether oxygens (including phenoxy) is 2. The first-order chi connectivity index (χ1) is 17.2. The van der Waals surface area contributed by atoms with Crippen LogP contribution in [0.25, 0.3) is 0 Å². The summed E-state index contributed by atoms with van der Waals surface area (Å²) in [6.45, 7) is 0.0686. The Morgan fingerprint density at radius 3 is 1.92 bits per heavy atom. The van der Waals surface area contributed by atoms with Crippen LogP contribution >= 0.6 is 62.3 Å². The molecule has 0 radical (unpaired) electrons. The lowest BCUT2D eigenvalue weighted by atomic mass is 9.86. The first-order valence-corrected chi connectivity index (χ1v) is 12.7. The summed E-state index contributed by atoms with van der Waals surface area (Å²) in [6.07, 6.45) is 0. The van der Waals surface area contributed by atoms with Crippen molar-refractivity contribution in [3.63, 3.8) is 0 Å². The van der Waals surface area contributed by atoms with Gasteiger partial charge in [-0.3, -0.25) is 19.3 Å². The molecule has 3 amide bonds. The number of hydrogen-bond donors (Lipinski definition) is 0. The van der Waals surface area contributed by atoms with Gasteiger partial charge in [0.25, 0.3) is 17.7 Å². The van der Waals surface area contributed by atoms with E-state index in [-0.39, 0.29) is 38.0 Å². The van der Waals surface area contributed by atoms with E-state index >= 15 is 0 Å². The predicted molar refractivity (Wildman–Crippen MR) is 138 cm³/mol. The van der Waals surface area contributed by atoms with Gasteiger partial charge in [-0.1, -0.05) is 68.4 Å². The van der Waals surface area contributed by atoms with Crippen molar-refractivity contribution in [1.82, 2.24) is 4.90 Å². The zero-order valence-electron chi connectivity index (χ0n) is 17.7. The van der Waals surface area contributed by atoms with Crippen LogP contribution in [0, 0.1) is 0 Å². The molecule has 2 atom stereocenters. The van der Waals surface area contributed by atoms with E-state index in [4.69, 9.17) is 55.9 Å². The average Bonchev–Trinajstić information content (AvgIpc) is 3.43. The molecule has 0 aromatic heterocycles. The van der Waals surface area contributed by atoms with Crippen LogP contribution in [0.2, 0.25) is 20.1 Å². The summed E-state index contributed by atoms with van der Waals surface area (Å²) in [5.74, 6) is -0.966. The van der Waals surface area contributed by atoms with E-state index in [1.54, 1.807) is 42.5 Å². The van der Waals surface area contributed by atoms with Gasteiger partial charge in [0.2, 0.25) is 6.79 Å². The van der Waals surface area contributed by atoms with Gasteiger partial charge in [0.1, 0.15) is 6.04 Å². The minimum absolute atomic E-state index is 0.0686. The lowest BCUT2D eigenvalue weighted by Gasteiger charge is -2.49. The van der Waals surface area contributed by atoms with Crippen molar-refractivity contribution in [3.8, 4) is 11.5 Å². The van der Waals surface area contributed by atoms with Crippen molar-refractivity contribution < 1.29 is 23.9 Å². The molecule has 182 valence electrons. The lowest BCUT2D eigenvalue weighted by Crippen LogP contribution is -2.67. The molecule has 1 fully saturated rings. The zero-order chi connectivity index (χ0) is 25.5. The third-order valence-electron chi connectivity index (χ3n) is 6.32. The molecular weight excluding hydrogens is 618 g/mol. The maximum absolute atomic E-state index is 13.6. The number of rotatable bonds is 3. The third-order valence-corrected chi connectivity index (χ3v) is 8.65. The van der Waals surface area contributed by atoms with Crippen molar-refractivity contribution in [2.45, 2.75) is 12.1 Å². The molecule has 36 heavy (non-hydrogen) atoms. The quantitative estimate of drug-likeness (QED) is 0.142. The van der Waals surface area contributed by atoms with Crippen LogP contribution in [0.1, 0.15) is 32.3 Å². The van der Waals surface area contributed by atoms with E-state index in [0.29, 0.717) is 22.7 Å². The van der Waals surface area contributed by atoms with Crippen LogP contribution in [0.5, 0.6) is 11.5 Å². The number of imide groups is 1. The highest BCUT2D eigenvalue weighted by atomic mass is 79.9. The van der Waals surface area contributed by atoms with E-state index in [9.17, 15) is 14.4 Å². The maximum Gasteiger partial charge on any atom is 0.264 e. The second-order valence-corrected chi connectivity index (χ2v) is 10.6. The molecule has 1 saturated heterocycles. The van der Waals surface area contributed by atoms with Gasteiger partial charge in [0.15, 0.2) is 11.5 Å². The molecule has 3 aromatic carbocycles. The first-order valence-electron chi connectivity index (χ1n) is 10.4. The third kappa shape index (κ3) is 3.28. The molecule has 0 N–H and O–H groups in total. The Labute approximate surface area is 232 Å². The second-order valence-electron chi connectivity index (χ2n) is 8.17. The summed E-state index contributed by atoms with van der Waals surface area (Å²) in [5, 5.41) is -0.682. The molecule has 0 spiro atoms. The molecule has 0 bridgehead atoms. The molecule has 0 saturated carbocycles. The smallest absolute Gasteiger partial charge is 0.264 e. The van der Waals surface area contributed by atoms with Crippen LogP contribution in [-0.4, -0.2) is 35.5 Å². The number of carbonyl (C=O) groups excluding carboxylic acids is 3. The SMILES string of the molecule is O=C1c2c(Cl)c(Cl)c(Cl)c(Cl)c2C(=O)N1[C@H]1C(=O)N(c2ccc(Br)cc2)[C@H]1c1ccc2c(c1)OCO2. The number of carbonyl (C=O) groups is 3. The van der Waals surface area contributed by atoms with E-state index in [1.165, 1.54) is 4.90 Å². The summed E-state index contributed by atoms with van der Waals surface area (Å²) < 4.78 is 11.7. The fraction of sp³-hybridized carbons (Fsp3) is 0.125. The molecule has 3 heterocycles. The lowest BCUT2D eigenvalue weighted by molar-refractivity contribution is -0.130. The Balaban J connectivity index is 1.48. The Bertz CT molecular complexity index is 1470. The van der Waals surface area contributed by atoms with Gasteiger partial charge < -0.3 is 14.4 Å². The molecule has 3 aliphatic rings. The Morgan fingerprint density at radius 1 is 0.722 bits per heavy atom. The van der Waals surface area contributed by atoms with Crippen molar-refractivity contribution in [1.29, 1.82) is 0 Å². The zero-order valence-corrected chi connectivity index (χ0v) is 22.3. The van der Waals surface area contributed by atoms with Crippen LogP contribution in [0.3, 0.4) is 0 Å². The van der Waals surface area contributed by atoms with E-state index in [0.717, 1.165) is 9.37 Å². The second kappa shape index (κ2) is 8.53. The Hall–Kier alpha value is -2.49. The molecule has 12 heteroatoms. The van der Waals surface area contributed by atoms with Gasteiger partial charge in [-0.25, -0.2) is 0 Å². The minimum Gasteiger partial charge on any atom is -0.454 e. The Morgan fingerprint density at radius 2 is 1.31 bits per heavy atom. The van der Waals surface area contributed by atoms with Crippen molar-refractivity contribution in [2.75, 3.05) is 11.7 Å². The molecule has 0 aliphatic carbocycles. The van der Waals surface area contributed by atoms with E-state index in [1.807, 2.05) is 0 Å². The van der Waals surface area contributed by atoms with Gasteiger partial charge in [0.05, 0.1) is 37.3 Å². The summed E-state index contributed by atoms with van der Waals surface area (Å²) in [7, 11) is 0. The molecule has 3 aliphatic heterocycles. The normalized spacial score (nSPS) is 20.2. The number of hydrogen-bond acceptors (Lipinski definition) is 5. The predicted octanol–water partition coefficient (Wildman–Crippen LogP) is 6.54. The number of halogens is 5. The number of anilines is 1. The number of fused-ring (bicyclic) bond motifs is 2. The van der Waals surface area contributed by atoms with Gasteiger partial charge in [-0.2, -0.15) is 0 Å². The highest BCUT2D eigenvalue weighted by Crippen LogP contribution is 2.50. The van der Waals surface area contributed by atoms with Gasteiger partial charge >= 0.3 is 0 Å². The summed E-state index contributed by atoms with van der Waals surface area (Å²) in [5.41, 5.74) is 0.859. The van der Waals surface area contributed by atoms with Crippen molar-refractivity contribution in [2.24, 2.45) is 0 Å². The molecule has 6 rings (SSSR count). The first kappa shape index (κ1) is 23.9. The van der Waals surface area contributed by atoms with E-state index < -0.39 is 29.8 Å². The Kier molecular flexibility index (Phi) is 5.66. The van der Waals surface area contributed by atoms with Crippen LogP contribution < -0.4 is 14.4 Å². The average molecular weight is 629 g/mol. The number of nitrogens with zero attached hydrogens (tertiary/aromatic N) is 2. The largest absolute Gasteiger partial charge is 0.454 e. The number of benzene rings is 3. The van der Waals surface area contributed by atoms with Crippen molar-refractivity contribution in [3.05, 3.63) is 83.7 Å². The van der Waals surface area contributed by atoms with Gasteiger partial charge in [-0.05, 0) is 42.0 Å². The molecule has 3 aromatic rings. The molecular formula is C24H11BrCl4N2O5. The highest BCUT2D eigenvalue weighted by molar-refractivity contribution is 9.10. The fourth-order valence-electron chi connectivity index (χ4n) is 4.66. The molecule has 7 nitrogen and oxygen atoms in total. The minimum atomic E-state index is -1.17. The summed E-state index contributed by atoms with van der Waals surface area (Å²) in [6, 6.07) is 10.4.